The highest BCUT2D eigenvalue weighted by atomic mass is 28.3. The Labute approximate surface area is 170 Å². The van der Waals surface area contributed by atoms with Crippen molar-refractivity contribution < 1.29 is 23.9 Å². The summed E-state index contributed by atoms with van der Waals surface area (Å²) in [6, 6.07) is -0.0593. The molecule has 7 nitrogen and oxygen atoms in total. The van der Waals surface area contributed by atoms with Crippen LogP contribution in [0, 0.1) is 0 Å². The molecule has 1 atom stereocenters. The van der Waals surface area contributed by atoms with E-state index in [1.54, 1.807) is 25.7 Å². The van der Waals surface area contributed by atoms with Gasteiger partial charge in [0.05, 0.1) is 13.0 Å². The Bertz CT molecular complexity index is 548. The molecule has 0 aliphatic carbocycles. The molecule has 2 amide bonds. The number of esters is 1. The van der Waals surface area contributed by atoms with E-state index in [-0.39, 0.29) is 12.3 Å². The van der Waals surface area contributed by atoms with Gasteiger partial charge in [-0.15, -0.1) is 0 Å². The topological polar surface area (TPSA) is 76.1 Å². The van der Waals surface area contributed by atoms with Crippen LogP contribution in [0.5, 0.6) is 0 Å². The van der Waals surface area contributed by atoms with E-state index < -0.39 is 31.8 Å². The SMILES string of the molecule is CN(C(=O)OCC[Si](C)(C)C)C(CC(=O)OC(C)(C)C)C(=O)N1CCCCC1. The van der Waals surface area contributed by atoms with Gasteiger partial charge in [0.2, 0.25) is 5.91 Å². The molecule has 1 saturated heterocycles. The fourth-order valence-corrected chi connectivity index (χ4v) is 3.64. The average Bonchev–Trinajstić information content (AvgIpc) is 2.56. The third-order valence-electron chi connectivity index (χ3n) is 4.57. The molecule has 0 spiro atoms. The first-order valence-electron chi connectivity index (χ1n) is 10.2. The van der Waals surface area contributed by atoms with Gasteiger partial charge in [-0.2, -0.15) is 0 Å². The first-order chi connectivity index (χ1) is 12.8. The largest absolute Gasteiger partial charge is 0.460 e. The summed E-state index contributed by atoms with van der Waals surface area (Å²) in [7, 11) is 0.189. The summed E-state index contributed by atoms with van der Waals surface area (Å²) in [5, 5.41) is 0. The van der Waals surface area contributed by atoms with Crippen LogP contribution in [0.1, 0.15) is 46.5 Å². The molecule has 1 unspecified atom stereocenters. The van der Waals surface area contributed by atoms with Crippen LogP contribution in [0.2, 0.25) is 25.7 Å². The molecule has 0 aromatic carbocycles. The van der Waals surface area contributed by atoms with E-state index in [1.807, 2.05) is 0 Å². The van der Waals surface area contributed by atoms with E-state index in [0.717, 1.165) is 25.3 Å². The number of piperidine rings is 1. The summed E-state index contributed by atoms with van der Waals surface area (Å²) < 4.78 is 10.8. The maximum absolute atomic E-state index is 13.1. The number of carbonyl (C=O) groups excluding carboxylic acids is 3. The number of likely N-dealkylation sites (tertiary alicyclic amines) is 1. The number of hydrogen-bond donors (Lipinski definition) is 0. The predicted octanol–water partition coefficient (Wildman–Crippen LogP) is 3.51. The lowest BCUT2D eigenvalue weighted by molar-refractivity contribution is -0.158. The van der Waals surface area contributed by atoms with E-state index in [4.69, 9.17) is 9.47 Å². The number of hydrogen-bond acceptors (Lipinski definition) is 5. The highest BCUT2D eigenvalue weighted by Gasteiger charge is 2.35. The summed E-state index contributed by atoms with van der Waals surface area (Å²) in [5.41, 5.74) is -0.647. The van der Waals surface area contributed by atoms with Crippen molar-refractivity contribution >= 4 is 26.0 Å². The normalized spacial score (nSPS) is 16.3. The minimum absolute atomic E-state index is 0.174. The van der Waals surface area contributed by atoms with E-state index in [9.17, 15) is 14.4 Å². The maximum Gasteiger partial charge on any atom is 0.410 e. The van der Waals surface area contributed by atoms with Crippen molar-refractivity contribution in [3.8, 4) is 0 Å². The van der Waals surface area contributed by atoms with Gasteiger partial charge in [0.1, 0.15) is 11.6 Å². The smallest absolute Gasteiger partial charge is 0.410 e. The zero-order valence-electron chi connectivity index (χ0n) is 18.7. The molecular weight excluding hydrogens is 376 g/mol. The van der Waals surface area contributed by atoms with Crippen LogP contribution in [0.15, 0.2) is 0 Å². The van der Waals surface area contributed by atoms with Gasteiger partial charge in [-0.3, -0.25) is 14.5 Å². The maximum atomic E-state index is 13.1. The summed E-state index contributed by atoms with van der Waals surface area (Å²) >= 11 is 0. The zero-order chi connectivity index (χ0) is 21.5. The van der Waals surface area contributed by atoms with Crippen molar-refractivity contribution in [1.82, 2.24) is 9.80 Å². The molecule has 0 N–H and O–H groups in total. The summed E-state index contributed by atoms with van der Waals surface area (Å²) in [4.78, 5) is 40.9. The number of amides is 2. The van der Waals surface area contributed by atoms with Crippen molar-refractivity contribution in [2.75, 3.05) is 26.7 Å². The van der Waals surface area contributed by atoms with Crippen LogP contribution in [-0.2, 0) is 19.1 Å². The van der Waals surface area contributed by atoms with Crippen LogP contribution in [0.3, 0.4) is 0 Å². The minimum Gasteiger partial charge on any atom is -0.460 e. The molecule has 28 heavy (non-hydrogen) atoms. The Hall–Kier alpha value is -1.57. The standard InChI is InChI=1S/C20H38N2O5Si/c1-20(2,3)27-17(23)15-16(18(24)22-11-9-8-10-12-22)21(4)19(25)26-13-14-28(5,6)7/h16H,8-15H2,1-7H3. The quantitative estimate of drug-likeness (QED) is 0.471. The molecule has 8 heteroatoms. The van der Waals surface area contributed by atoms with Crippen molar-refractivity contribution in [1.29, 1.82) is 0 Å². The molecular formula is C20H38N2O5Si. The highest BCUT2D eigenvalue weighted by molar-refractivity contribution is 6.76. The third-order valence-corrected chi connectivity index (χ3v) is 6.27. The summed E-state index contributed by atoms with van der Waals surface area (Å²) in [6.45, 7) is 13.6. The van der Waals surface area contributed by atoms with Crippen LogP contribution in [0.25, 0.3) is 0 Å². The van der Waals surface area contributed by atoms with Crippen LogP contribution >= 0.6 is 0 Å². The molecule has 1 rings (SSSR count). The van der Waals surface area contributed by atoms with Gasteiger partial charge in [-0.1, -0.05) is 19.6 Å². The Morgan fingerprint density at radius 2 is 1.64 bits per heavy atom. The van der Waals surface area contributed by atoms with Gasteiger partial charge in [0, 0.05) is 28.2 Å². The van der Waals surface area contributed by atoms with Gasteiger partial charge in [0.15, 0.2) is 0 Å². The molecule has 162 valence electrons. The highest BCUT2D eigenvalue weighted by Crippen LogP contribution is 2.17. The Balaban J connectivity index is 2.83. The minimum atomic E-state index is -1.33. The molecule has 1 aliphatic rings. The van der Waals surface area contributed by atoms with Gasteiger partial charge >= 0.3 is 12.1 Å². The van der Waals surface area contributed by atoms with Crippen molar-refractivity contribution in [2.45, 2.75) is 83.8 Å². The molecule has 0 aromatic rings. The number of rotatable bonds is 7. The summed E-state index contributed by atoms with van der Waals surface area (Å²) in [6.07, 6.45) is 2.23. The number of likely N-dealkylation sites (N-methyl/N-ethyl adjacent to an activating group) is 1. The fourth-order valence-electron chi connectivity index (χ4n) is 2.93. The molecule has 1 aliphatic heterocycles. The first-order valence-corrected chi connectivity index (χ1v) is 13.9. The fraction of sp³-hybridized carbons (Fsp3) is 0.850. The van der Waals surface area contributed by atoms with Crippen LogP contribution in [0.4, 0.5) is 4.79 Å². The molecule has 1 heterocycles. The van der Waals surface area contributed by atoms with Crippen LogP contribution in [-0.4, -0.2) is 74.2 Å². The van der Waals surface area contributed by atoms with Crippen molar-refractivity contribution in [3.63, 3.8) is 0 Å². The zero-order valence-corrected chi connectivity index (χ0v) is 19.7. The molecule has 1 fully saturated rings. The summed E-state index contributed by atoms with van der Waals surface area (Å²) in [5.74, 6) is -0.709. The van der Waals surface area contributed by atoms with Crippen LogP contribution < -0.4 is 0 Å². The van der Waals surface area contributed by atoms with E-state index in [1.165, 1.54) is 11.9 Å². The van der Waals surface area contributed by atoms with E-state index >= 15 is 0 Å². The number of nitrogens with zero attached hydrogens (tertiary/aromatic N) is 2. The van der Waals surface area contributed by atoms with Crippen molar-refractivity contribution in [2.24, 2.45) is 0 Å². The molecule has 0 bridgehead atoms. The second-order valence-corrected chi connectivity index (χ2v) is 15.3. The Kier molecular flexibility index (Phi) is 8.98. The molecule has 0 radical (unpaired) electrons. The van der Waals surface area contributed by atoms with E-state index in [0.29, 0.717) is 19.7 Å². The van der Waals surface area contributed by atoms with E-state index in [2.05, 4.69) is 19.6 Å². The predicted molar refractivity (Wildman–Crippen MR) is 112 cm³/mol. The van der Waals surface area contributed by atoms with Gasteiger partial charge in [-0.05, 0) is 46.1 Å². The molecule has 0 aromatic heterocycles. The van der Waals surface area contributed by atoms with Gasteiger partial charge in [0.25, 0.3) is 0 Å². The second kappa shape index (κ2) is 10.3. The third kappa shape index (κ3) is 9.08. The number of ether oxygens (including phenoxy) is 2. The van der Waals surface area contributed by atoms with Gasteiger partial charge < -0.3 is 14.4 Å². The van der Waals surface area contributed by atoms with Crippen molar-refractivity contribution in [3.05, 3.63) is 0 Å². The monoisotopic (exact) mass is 414 g/mol. The van der Waals surface area contributed by atoms with Gasteiger partial charge in [-0.25, -0.2) is 4.79 Å². The lowest BCUT2D eigenvalue weighted by Gasteiger charge is -2.34. The molecule has 0 saturated carbocycles. The average molecular weight is 415 g/mol. The first kappa shape index (κ1) is 24.5. The Morgan fingerprint density at radius 1 is 1.07 bits per heavy atom. The lowest BCUT2D eigenvalue weighted by Crippen LogP contribution is -2.52. The lowest BCUT2D eigenvalue weighted by atomic mass is 10.1. The Morgan fingerprint density at radius 3 is 2.14 bits per heavy atom. The second-order valence-electron chi connectivity index (χ2n) is 9.73. The number of carbonyl (C=O) groups is 3.